The third kappa shape index (κ3) is 15.1. The Morgan fingerprint density at radius 3 is 2.17 bits per heavy atom. The molecule has 0 nitrogen and oxygen atoms in total. The van der Waals surface area contributed by atoms with Gasteiger partial charge in [-0.3, -0.25) is 0 Å². The molecule has 0 aliphatic heterocycles. The van der Waals surface area contributed by atoms with Crippen molar-refractivity contribution < 1.29 is 0 Å². The van der Waals surface area contributed by atoms with Crippen LogP contribution in [0.25, 0.3) is 0 Å². The van der Waals surface area contributed by atoms with Crippen molar-refractivity contribution in [3.05, 3.63) is 19.6 Å². The van der Waals surface area contributed by atoms with E-state index < -0.39 is 0 Å². The molecule has 0 N–H and O–H groups in total. The Balaban J connectivity index is 0. The summed E-state index contributed by atoms with van der Waals surface area (Å²) in [5.74, 6) is 0. The molecule has 0 radical (unpaired) electrons. The summed E-state index contributed by atoms with van der Waals surface area (Å²) in [6, 6.07) is 0. The summed E-state index contributed by atoms with van der Waals surface area (Å²) >= 11 is 0. The Bertz CT molecular complexity index is 25.1. The molecule has 0 aromatic rings. The van der Waals surface area contributed by atoms with Gasteiger partial charge >= 0.3 is 0 Å². The van der Waals surface area contributed by atoms with Crippen molar-refractivity contribution in [3.63, 3.8) is 0 Å². The Labute approximate surface area is 33.5 Å². The summed E-state index contributed by atoms with van der Waals surface area (Å²) in [4.78, 5) is 0. The van der Waals surface area contributed by atoms with Crippen LogP contribution in [0, 0.1) is 6.92 Å². The second kappa shape index (κ2) is 9.27. The van der Waals surface area contributed by atoms with E-state index >= 15 is 0 Å². The molecule has 0 rings (SSSR count). The Hall–Kier alpha value is -1.26. The molecule has 0 aromatic carbocycles. The van der Waals surface area contributed by atoms with Crippen LogP contribution in [0.15, 0.2) is 12.7 Å². The molecule has 1 heteroatoms. The van der Waals surface area contributed by atoms with Gasteiger partial charge in [0.1, 0.15) is 0 Å². The molecule has 0 aromatic heterocycles. The fourth-order valence-corrected chi connectivity index (χ4v) is 0.144. The van der Waals surface area contributed by atoms with Crippen molar-refractivity contribution in [2.45, 2.75) is 12.8 Å². The molecule has 6 heavy (non-hydrogen) atoms. The predicted molar refractivity (Wildman–Crippen MR) is 24.8 cm³/mol. The first-order valence-corrected chi connectivity index (χ1v) is 1.82. The van der Waals surface area contributed by atoms with Crippen LogP contribution in [0.4, 0.5) is 0 Å². The van der Waals surface area contributed by atoms with Crippen LogP contribution in [0.3, 0.4) is 0 Å². The standard InChI is InChI=1S/C5H9.Rf/c1-3-5-4-2;/h3H,1-2,4-5H2;/q-1;. The fourth-order valence-electron chi connectivity index (χ4n) is 0.144. The summed E-state index contributed by atoms with van der Waals surface area (Å²) in [7, 11) is 0. The smallest absolute Gasteiger partial charge is 0 e. The Morgan fingerprint density at radius 2 is 2.17 bits per heavy atom. The van der Waals surface area contributed by atoms with Gasteiger partial charge in [0.25, 0.3) is 0 Å². The van der Waals surface area contributed by atoms with E-state index in [1.807, 2.05) is 6.08 Å². The fraction of sp³-hybridized carbons (Fsp3) is 0.400. The molecule has 0 bridgehead atoms. The maximum absolute atomic E-state index is 3.60. The van der Waals surface area contributed by atoms with Crippen LogP contribution in [-0.2, 0) is 0 Å². The molecule has 0 aliphatic carbocycles. The number of unbranched alkanes of at least 4 members (excludes halogenated alkanes) is 1. The summed E-state index contributed by atoms with van der Waals surface area (Å²) < 4.78 is 0. The zero-order chi connectivity index (χ0) is 4.12. The molecule has 0 aliphatic rings. The van der Waals surface area contributed by atoms with E-state index in [0.29, 0.717) is 0 Å². The first kappa shape index (κ1) is 8.83. The van der Waals surface area contributed by atoms with Crippen LogP contribution in [0.1, 0.15) is 12.8 Å². The zero-order valence-corrected chi connectivity index (χ0v) is 10.5. The normalized spacial score (nSPS) is 6.17. The monoisotopic (exact) mass is 336 g/mol. The molecule has 0 amide bonds. The molecule has 0 fully saturated rings. The van der Waals surface area contributed by atoms with Crippen molar-refractivity contribution >= 4 is 0 Å². The maximum atomic E-state index is 3.60. The Morgan fingerprint density at radius 1 is 1.67 bits per heavy atom. The number of rotatable bonds is 2. The van der Waals surface area contributed by atoms with E-state index in [4.69, 9.17) is 0 Å². The SMILES string of the molecule is C=CCC[CH2-].[Rf]. The first-order chi connectivity index (χ1) is 2.41. The van der Waals surface area contributed by atoms with Gasteiger partial charge in [-0.05, 0) is 0 Å². The van der Waals surface area contributed by atoms with Crippen LogP contribution < -0.4 is 0 Å². The minimum Gasteiger partial charge on any atom is -0.343 e. The molecule has 32 valence electrons. The van der Waals surface area contributed by atoms with Gasteiger partial charge < -0.3 is 6.92 Å². The van der Waals surface area contributed by atoms with Gasteiger partial charge in [-0.15, -0.1) is 6.58 Å². The minimum absolute atomic E-state index is 0. The second-order valence-electron chi connectivity index (χ2n) is 0.931. The van der Waals surface area contributed by atoms with Gasteiger partial charge in [0.15, 0.2) is 0 Å². The first-order valence-electron chi connectivity index (χ1n) is 1.82. The predicted octanol–water partition coefficient (Wildman–Crippen LogP) is 1.79. The van der Waals surface area contributed by atoms with Gasteiger partial charge in [0.2, 0.25) is 0 Å². The van der Waals surface area contributed by atoms with Crippen molar-refractivity contribution in [3.8, 4) is 0 Å². The molecule has 0 atom stereocenters. The average molecular weight is 336 g/mol. The molecule has 0 spiro atoms. The topological polar surface area (TPSA) is 0 Å². The van der Waals surface area contributed by atoms with Crippen LogP contribution in [0.5, 0.6) is 0 Å². The van der Waals surface area contributed by atoms with E-state index in [1.54, 1.807) is 0 Å². The minimum atomic E-state index is 0. The third-order valence-corrected chi connectivity index (χ3v) is 0.408. The average Bonchev–Trinajstić information content (AvgIpc) is 1.41. The van der Waals surface area contributed by atoms with E-state index in [1.165, 1.54) is 0 Å². The second-order valence-corrected chi connectivity index (χ2v) is 0.931. The summed E-state index contributed by atoms with van der Waals surface area (Å²) in [6.45, 7) is 7.11. The maximum Gasteiger partial charge on any atom is 0 e. The quantitative estimate of drug-likeness (QED) is 0.533. The van der Waals surface area contributed by atoms with Gasteiger partial charge in [-0.1, -0.05) is 12.5 Å². The molecular formula is C5H9Rf-. The zero-order valence-electron chi connectivity index (χ0n) is 4.11. The number of allylic oxidation sites excluding steroid dienone is 1. The Kier molecular flexibility index (Phi) is 13.7. The molecule has 0 saturated carbocycles. The molecule has 0 saturated heterocycles. The van der Waals surface area contributed by atoms with Crippen molar-refractivity contribution in [2.75, 3.05) is 0 Å². The van der Waals surface area contributed by atoms with Crippen LogP contribution >= 0.6 is 0 Å². The summed E-state index contributed by atoms with van der Waals surface area (Å²) in [5, 5.41) is 0. The van der Waals surface area contributed by atoms with Gasteiger partial charge in [0, 0.05) is 0 Å². The van der Waals surface area contributed by atoms with E-state index in [-0.39, 0.29) is 0 Å². The van der Waals surface area contributed by atoms with Gasteiger partial charge in [-0.2, -0.15) is 6.42 Å². The van der Waals surface area contributed by atoms with Crippen molar-refractivity contribution in [1.82, 2.24) is 0 Å². The number of hydrogen-bond donors (Lipinski definition) is 0. The molecule has 0 unspecified atom stereocenters. The largest absolute Gasteiger partial charge is 0.343 e. The van der Waals surface area contributed by atoms with Crippen molar-refractivity contribution in [2.24, 2.45) is 0 Å². The van der Waals surface area contributed by atoms with Crippen LogP contribution in [0.2, 0.25) is 0 Å². The molecule has 0 heterocycles. The number of hydrogen-bond acceptors (Lipinski definition) is 0. The van der Waals surface area contributed by atoms with Gasteiger partial charge in [-0.25, -0.2) is 0 Å². The van der Waals surface area contributed by atoms with Crippen molar-refractivity contribution in [1.29, 1.82) is 0 Å². The van der Waals surface area contributed by atoms with E-state index in [9.17, 15) is 0 Å². The van der Waals surface area contributed by atoms with E-state index in [2.05, 4.69) is 13.5 Å². The summed E-state index contributed by atoms with van der Waals surface area (Å²) in [6.07, 6.45) is 3.89. The third-order valence-electron chi connectivity index (χ3n) is 0.408. The van der Waals surface area contributed by atoms with E-state index in [0.717, 1.165) is 12.8 Å². The van der Waals surface area contributed by atoms with Crippen LogP contribution in [-0.4, -0.2) is 0 Å². The molecular weight excluding hydrogens is 327 g/mol. The summed E-state index contributed by atoms with van der Waals surface area (Å²) in [5.41, 5.74) is 0. The van der Waals surface area contributed by atoms with Gasteiger partial charge in [0.05, 0.1) is 0 Å².